The maximum atomic E-state index is 5.27. The molecule has 1 unspecified atom stereocenters. The zero-order valence-electron chi connectivity index (χ0n) is 12.2. The Labute approximate surface area is 128 Å². The van der Waals surface area contributed by atoms with Gasteiger partial charge in [-0.1, -0.05) is 30.3 Å². The zero-order valence-corrected chi connectivity index (χ0v) is 12.2. The van der Waals surface area contributed by atoms with E-state index >= 15 is 0 Å². The second-order valence-corrected chi connectivity index (χ2v) is 4.87. The lowest BCUT2D eigenvalue weighted by atomic mass is 10.1. The molecule has 0 radical (unpaired) electrons. The van der Waals surface area contributed by atoms with Crippen molar-refractivity contribution in [2.75, 3.05) is 10.6 Å². The number of hydrogen-bond donors (Lipinski definition) is 2. The van der Waals surface area contributed by atoms with Gasteiger partial charge in [0.15, 0.2) is 5.82 Å². The Bertz CT molecular complexity index is 700. The molecule has 0 aliphatic heterocycles. The van der Waals surface area contributed by atoms with Crippen LogP contribution in [0.25, 0.3) is 0 Å². The van der Waals surface area contributed by atoms with Crippen LogP contribution in [0.15, 0.2) is 59.3 Å². The van der Waals surface area contributed by atoms with Crippen LogP contribution in [0.4, 0.5) is 11.8 Å². The van der Waals surface area contributed by atoms with Crippen LogP contribution < -0.4 is 10.6 Å². The second-order valence-electron chi connectivity index (χ2n) is 4.87. The molecule has 0 saturated heterocycles. The molecule has 1 atom stereocenters. The summed E-state index contributed by atoms with van der Waals surface area (Å²) in [6.07, 6.45) is 3.23. The van der Waals surface area contributed by atoms with E-state index in [0.717, 1.165) is 5.76 Å². The number of hydrogen-bond acceptors (Lipinski definition) is 6. The first kappa shape index (κ1) is 14.1. The quantitative estimate of drug-likeness (QED) is 0.727. The van der Waals surface area contributed by atoms with Crippen molar-refractivity contribution < 1.29 is 4.42 Å². The van der Waals surface area contributed by atoms with E-state index < -0.39 is 0 Å². The minimum atomic E-state index is 0.100. The molecule has 0 spiro atoms. The molecule has 0 saturated carbocycles. The van der Waals surface area contributed by atoms with Crippen molar-refractivity contribution >= 4 is 11.8 Å². The van der Waals surface area contributed by atoms with Crippen molar-refractivity contribution in [3.63, 3.8) is 0 Å². The lowest BCUT2D eigenvalue weighted by Crippen LogP contribution is -2.11. The monoisotopic (exact) mass is 295 g/mol. The highest BCUT2D eigenvalue weighted by molar-refractivity contribution is 5.39. The van der Waals surface area contributed by atoms with Crippen molar-refractivity contribution in [1.29, 1.82) is 0 Å². The van der Waals surface area contributed by atoms with Crippen LogP contribution in [0.1, 0.15) is 24.3 Å². The van der Waals surface area contributed by atoms with Crippen LogP contribution >= 0.6 is 0 Å². The van der Waals surface area contributed by atoms with Gasteiger partial charge in [0, 0.05) is 0 Å². The fourth-order valence-electron chi connectivity index (χ4n) is 2.06. The number of anilines is 2. The van der Waals surface area contributed by atoms with Crippen LogP contribution in [-0.4, -0.2) is 15.2 Å². The summed E-state index contributed by atoms with van der Waals surface area (Å²) in [5, 5.41) is 14.4. The highest BCUT2D eigenvalue weighted by atomic mass is 16.3. The summed E-state index contributed by atoms with van der Waals surface area (Å²) >= 11 is 0. The molecule has 6 heteroatoms. The molecule has 0 amide bonds. The topological polar surface area (TPSA) is 75.9 Å². The SMILES string of the molecule is CC(Nc1nncc(NCc2ccco2)n1)c1ccccc1. The van der Waals surface area contributed by atoms with E-state index in [0.29, 0.717) is 18.3 Å². The van der Waals surface area contributed by atoms with Crippen molar-refractivity contribution in [3.8, 4) is 0 Å². The van der Waals surface area contributed by atoms with Gasteiger partial charge in [0.1, 0.15) is 5.76 Å². The van der Waals surface area contributed by atoms with Gasteiger partial charge in [0.25, 0.3) is 0 Å². The average Bonchev–Trinajstić information content (AvgIpc) is 3.08. The fourth-order valence-corrected chi connectivity index (χ4v) is 2.06. The molecule has 6 nitrogen and oxygen atoms in total. The highest BCUT2D eigenvalue weighted by Crippen LogP contribution is 2.16. The van der Waals surface area contributed by atoms with Crippen LogP contribution in [-0.2, 0) is 6.54 Å². The van der Waals surface area contributed by atoms with Crippen molar-refractivity contribution in [2.24, 2.45) is 0 Å². The highest BCUT2D eigenvalue weighted by Gasteiger charge is 2.07. The predicted octanol–water partition coefficient (Wildman–Crippen LogP) is 3.25. The molecule has 0 aliphatic rings. The molecule has 112 valence electrons. The smallest absolute Gasteiger partial charge is 0.245 e. The first-order valence-corrected chi connectivity index (χ1v) is 7.09. The Morgan fingerprint density at radius 1 is 1.14 bits per heavy atom. The van der Waals surface area contributed by atoms with Gasteiger partial charge in [-0.2, -0.15) is 10.1 Å². The van der Waals surface area contributed by atoms with E-state index in [1.54, 1.807) is 12.5 Å². The summed E-state index contributed by atoms with van der Waals surface area (Å²) in [5.41, 5.74) is 1.17. The van der Waals surface area contributed by atoms with E-state index in [9.17, 15) is 0 Å². The number of nitrogens with one attached hydrogen (secondary N) is 2. The maximum absolute atomic E-state index is 5.27. The van der Waals surface area contributed by atoms with Crippen LogP contribution in [0.2, 0.25) is 0 Å². The average molecular weight is 295 g/mol. The molecule has 2 heterocycles. The minimum absolute atomic E-state index is 0.100. The Kier molecular flexibility index (Phi) is 4.29. The third kappa shape index (κ3) is 3.60. The summed E-state index contributed by atoms with van der Waals surface area (Å²) < 4.78 is 5.27. The minimum Gasteiger partial charge on any atom is -0.467 e. The maximum Gasteiger partial charge on any atom is 0.245 e. The van der Waals surface area contributed by atoms with Gasteiger partial charge in [-0.25, -0.2) is 0 Å². The lowest BCUT2D eigenvalue weighted by Gasteiger charge is -2.14. The van der Waals surface area contributed by atoms with E-state index in [2.05, 4.69) is 44.9 Å². The Morgan fingerprint density at radius 3 is 2.77 bits per heavy atom. The number of aromatic nitrogens is 3. The number of benzene rings is 1. The van der Waals surface area contributed by atoms with E-state index in [1.807, 2.05) is 30.3 Å². The first-order valence-electron chi connectivity index (χ1n) is 7.09. The predicted molar refractivity (Wildman–Crippen MR) is 84.3 cm³/mol. The molecule has 3 rings (SSSR count). The molecule has 2 aromatic heterocycles. The number of furan rings is 1. The molecular weight excluding hydrogens is 278 g/mol. The third-order valence-electron chi connectivity index (χ3n) is 3.23. The lowest BCUT2D eigenvalue weighted by molar-refractivity contribution is 0.517. The second kappa shape index (κ2) is 6.71. The summed E-state index contributed by atoms with van der Waals surface area (Å²) in [4.78, 5) is 4.40. The molecule has 2 N–H and O–H groups in total. The molecule has 1 aromatic carbocycles. The Hall–Kier alpha value is -2.89. The largest absolute Gasteiger partial charge is 0.467 e. The van der Waals surface area contributed by atoms with Gasteiger partial charge in [-0.3, -0.25) is 0 Å². The molecule has 0 fully saturated rings. The summed E-state index contributed by atoms with van der Waals surface area (Å²) in [6.45, 7) is 2.61. The fraction of sp³-hybridized carbons (Fsp3) is 0.188. The number of rotatable bonds is 6. The van der Waals surface area contributed by atoms with Crippen LogP contribution in [0.5, 0.6) is 0 Å². The van der Waals surface area contributed by atoms with Gasteiger partial charge >= 0.3 is 0 Å². The molecule has 0 bridgehead atoms. The van der Waals surface area contributed by atoms with E-state index in [4.69, 9.17) is 4.42 Å². The molecule has 22 heavy (non-hydrogen) atoms. The van der Waals surface area contributed by atoms with Crippen LogP contribution in [0, 0.1) is 0 Å². The van der Waals surface area contributed by atoms with Crippen molar-refractivity contribution in [1.82, 2.24) is 15.2 Å². The van der Waals surface area contributed by atoms with Crippen molar-refractivity contribution in [3.05, 3.63) is 66.2 Å². The first-order chi connectivity index (χ1) is 10.8. The number of nitrogens with zero attached hydrogens (tertiary/aromatic N) is 3. The van der Waals surface area contributed by atoms with Gasteiger partial charge in [-0.05, 0) is 24.6 Å². The molecule has 3 aromatic rings. The van der Waals surface area contributed by atoms with Gasteiger partial charge in [-0.15, -0.1) is 5.10 Å². The summed E-state index contributed by atoms with van der Waals surface area (Å²) in [7, 11) is 0. The van der Waals surface area contributed by atoms with E-state index in [1.165, 1.54) is 5.56 Å². The summed E-state index contributed by atoms with van der Waals surface area (Å²) in [5.74, 6) is 1.97. The normalized spacial score (nSPS) is 11.9. The third-order valence-corrected chi connectivity index (χ3v) is 3.23. The van der Waals surface area contributed by atoms with Gasteiger partial charge < -0.3 is 15.1 Å². The van der Waals surface area contributed by atoms with Gasteiger partial charge in [0.2, 0.25) is 5.95 Å². The van der Waals surface area contributed by atoms with Crippen molar-refractivity contribution in [2.45, 2.75) is 19.5 Å². The van der Waals surface area contributed by atoms with Crippen LogP contribution in [0.3, 0.4) is 0 Å². The molecular formula is C16H17N5O. The standard InChI is InChI=1S/C16H17N5O/c1-12(13-6-3-2-4-7-13)19-16-20-15(11-18-21-16)17-10-14-8-5-9-22-14/h2-9,11-12H,10H2,1H3,(H2,17,19,20,21). The Balaban J connectivity index is 1.63. The summed E-state index contributed by atoms with van der Waals surface area (Å²) in [6, 6.07) is 14.0. The zero-order chi connectivity index (χ0) is 15.2. The van der Waals surface area contributed by atoms with E-state index in [-0.39, 0.29) is 6.04 Å². The molecule has 0 aliphatic carbocycles. The Morgan fingerprint density at radius 2 is 2.00 bits per heavy atom. The van der Waals surface area contributed by atoms with Gasteiger partial charge in [0.05, 0.1) is 25.0 Å².